The molecule has 19 heavy (non-hydrogen) atoms. The first-order chi connectivity index (χ1) is 9.13. The molecule has 0 unspecified atom stereocenters. The van der Waals surface area contributed by atoms with Gasteiger partial charge in [-0.15, -0.1) is 0 Å². The van der Waals surface area contributed by atoms with Gasteiger partial charge < -0.3 is 0 Å². The molecule has 0 aliphatic rings. The van der Waals surface area contributed by atoms with Gasteiger partial charge in [0.25, 0.3) is 0 Å². The predicted octanol–water partition coefficient (Wildman–Crippen LogP) is 3.52. The first-order valence-corrected chi connectivity index (χ1v) is 7.53. The molecule has 0 spiro atoms. The topological polar surface area (TPSA) is 56.0 Å². The van der Waals surface area contributed by atoms with E-state index in [1.54, 1.807) is 12.1 Å². The van der Waals surface area contributed by atoms with Crippen molar-refractivity contribution < 1.29 is 4.92 Å². The molecule has 0 aliphatic carbocycles. The van der Waals surface area contributed by atoms with Crippen molar-refractivity contribution in [3.8, 4) is 10.1 Å². The summed E-state index contributed by atoms with van der Waals surface area (Å²) < 4.78 is 2.16. The third-order valence-corrected chi connectivity index (χ3v) is 5.19. The molecule has 6 heteroatoms. The molecule has 0 atom stereocenters. The number of aromatic nitrogens is 1. The van der Waals surface area contributed by atoms with Crippen molar-refractivity contribution in [2.24, 2.45) is 0 Å². The Labute approximate surface area is 119 Å². The molecular weight excluding hydrogens is 331 g/mol. The Morgan fingerprint density at radius 2 is 1.89 bits per heavy atom. The number of hydrogen-bond acceptors (Lipinski definition) is 3. The first-order valence-electron chi connectivity index (χ1n) is 5.44. The normalized spacial score (nSPS) is 10.8. The first kappa shape index (κ1) is 12.4. The predicted molar refractivity (Wildman–Crippen MR) is 75.8 cm³/mol. The van der Waals surface area contributed by atoms with Gasteiger partial charge in [-0.3, -0.25) is 0 Å². The molecule has 94 valence electrons. The Bertz CT molecular complexity index is 768. The van der Waals surface area contributed by atoms with Gasteiger partial charge in [0, 0.05) is 0 Å². The van der Waals surface area contributed by atoms with Crippen molar-refractivity contribution >= 4 is 41.6 Å². The van der Waals surface area contributed by atoms with Crippen molar-refractivity contribution in [1.29, 1.82) is 0 Å². The standard InChI is InChI=1S/C13H7ClN2O2Se/c14-9-3-6-12-11(7-9)15-13(19-12)8-1-4-10(5-2-8)16(17)18/h1-7H. The van der Waals surface area contributed by atoms with Gasteiger partial charge in [0.1, 0.15) is 0 Å². The van der Waals surface area contributed by atoms with E-state index in [9.17, 15) is 10.1 Å². The van der Waals surface area contributed by atoms with E-state index in [1.165, 1.54) is 16.4 Å². The van der Waals surface area contributed by atoms with E-state index in [-0.39, 0.29) is 20.2 Å². The van der Waals surface area contributed by atoms with Gasteiger partial charge >= 0.3 is 119 Å². The van der Waals surface area contributed by atoms with Crippen LogP contribution in [-0.2, 0) is 0 Å². The van der Waals surface area contributed by atoms with Gasteiger partial charge in [0.15, 0.2) is 0 Å². The van der Waals surface area contributed by atoms with Crippen LogP contribution in [0, 0.1) is 10.1 Å². The molecule has 1 aromatic heterocycles. The summed E-state index contributed by atoms with van der Waals surface area (Å²) in [6.07, 6.45) is 0. The molecule has 0 amide bonds. The molecule has 4 nitrogen and oxygen atoms in total. The van der Waals surface area contributed by atoms with Crippen LogP contribution in [0.1, 0.15) is 0 Å². The number of benzene rings is 2. The van der Waals surface area contributed by atoms with Crippen molar-refractivity contribution in [2.45, 2.75) is 0 Å². The number of rotatable bonds is 2. The van der Waals surface area contributed by atoms with Crippen LogP contribution in [0.25, 0.3) is 19.9 Å². The zero-order valence-electron chi connectivity index (χ0n) is 9.54. The zero-order chi connectivity index (χ0) is 13.4. The van der Waals surface area contributed by atoms with Crippen LogP contribution in [-0.4, -0.2) is 24.4 Å². The third kappa shape index (κ3) is 2.40. The molecule has 0 radical (unpaired) electrons. The van der Waals surface area contributed by atoms with Crippen molar-refractivity contribution in [1.82, 2.24) is 4.98 Å². The van der Waals surface area contributed by atoms with Gasteiger partial charge in [-0.25, -0.2) is 0 Å². The molecule has 2 aromatic carbocycles. The maximum absolute atomic E-state index is 10.6. The van der Waals surface area contributed by atoms with E-state index in [2.05, 4.69) is 4.98 Å². The van der Waals surface area contributed by atoms with Crippen molar-refractivity contribution in [3.05, 3.63) is 57.6 Å². The van der Waals surface area contributed by atoms with E-state index in [0.717, 1.165) is 15.6 Å². The summed E-state index contributed by atoms with van der Waals surface area (Å²) in [6.45, 7) is 0. The van der Waals surface area contributed by atoms with Crippen LogP contribution in [0.5, 0.6) is 0 Å². The zero-order valence-corrected chi connectivity index (χ0v) is 12.0. The quantitative estimate of drug-likeness (QED) is 0.408. The monoisotopic (exact) mass is 338 g/mol. The summed E-state index contributed by atoms with van der Waals surface area (Å²) in [5.74, 6) is 0. The molecule has 0 saturated carbocycles. The second kappa shape index (κ2) is 4.78. The Morgan fingerprint density at radius 1 is 1.16 bits per heavy atom. The summed E-state index contributed by atoms with van der Waals surface area (Å²) in [5.41, 5.74) is 1.93. The molecule has 0 aliphatic heterocycles. The van der Waals surface area contributed by atoms with Crippen LogP contribution in [0.4, 0.5) is 5.69 Å². The fourth-order valence-electron chi connectivity index (χ4n) is 1.75. The summed E-state index contributed by atoms with van der Waals surface area (Å²) in [7, 11) is 0. The van der Waals surface area contributed by atoms with Gasteiger partial charge in [-0.1, -0.05) is 0 Å². The molecule has 1 heterocycles. The Hall–Kier alpha value is -1.68. The summed E-state index contributed by atoms with van der Waals surface area (Å²) >= 11 is 6.06. The number of halogens is 1. The summed E-state index contributed by atoms with van der Waals surface area (Å²) in [5, 5.41) is 11.3. The molecular formula is C13H7ClN2O2Se. The number of hydrogen-bond donors (Lipinski definition) is 0. The number of nitro benzene ring substituents is 1. The fourth-order valence-corrected chi connectivity index (χ4v) is 3.91. The van der Waals surface area contributed by atoms with Crippen LogP contribution in [0.2, 0.25) is 5.02 Å². The SMILES string of the molecule is O=[N+]([O-])c1ccc(-c2nc3cc(Cl)ccc3[se]2)cc1. The number of nitrogens with zero attached hydrogens (tertiary/aromatic N) is 2. The van der Waals surface area contributed by atoms with E-state index < -0.39 is 4.92 Å². The number of non-ortho nitro benzene ring substituents is 1. The fraction of sp³-hybridized carbons (Fsp3) is 0. The Balaban J connectivity index is 2.06. The van der Waals surface area contributed by atoms with Crippen LogP contribution in [0.15, 0.2) is 42.5 Å². The summed E-state index contributed by atoms with van der Waals surface area (Å²) in [4.78, 5) is 14.8. The minimum atomic E-state index is -0.403. The van der Waals surface area contributed by atoms with E-state index in [0.29, 0.717) is 5.02 Å². The minimum absolute atomic E-state index is 0.0930. The molecule has 0 bridgehead atoms. The average Bonchev–Trinajstić information content (AvgIpc) is 2.81. The second-order valence-corrected chi connectivity index (χ2v) is 6.53. The molecule has 3 rings (SSSR count). The average molecular weight is 338 g/mol. The maximum atomic E-state index is 10.6. The van der Waals surface area contributed by atoms with Gasteiger partial charge in [0.05, 0.1) is 0 Å². The van der Waals surface area contributed by atoms with Crippen molar-refractivity contribution in [2.75, 3.05) is 0 Å². The van der Waals surface area contributed by atoms with E-state index >= 15 is 0 Å². The second-order valence-electron chi connectivity index (χ2n) is 3.94. The Morgan fingerprint density at radius 3 is 2.58 bits per heavy atom. The molecule has 0 N–H and O–H groups in total. The van der Waals surface area contributed by atoms with E-state index in [1.807, 2.05) is 18.2 Å². The van der Waals surface area contributed by atoms with Gasteiger partial charge in [-0.2, -0.15) is 0 Å². The molecule has 0 fully saturated rings. The van der Waals surface area contributed by atoms with Crippen LogP contribution >= 0.6 is 11.6 Å². The Kier molecular flexibility index (Phi) is 3.11. The number of nitro groups is 1. The van der Waals surface area contributed by atoms with E-state index in [4.69, 9.17) is 11.6 Å². The van der Waals surface area contributed by atoms with Crippen molar-refractivity contribution in [3.63, 3.8) is 0 Å². The summed E-state index contributed by atoms with van der Waals surface area (Å²) in [6, 6.07) is 12.2. The third-order valence-electron chi connectivity index (χ3n) is 2.67. The number of fused-ring (bicyclic) bond motifs is 1. The molecule has 0 saturated heterocycles. The molecule has 3 aromatic rings. The van der Waals surface area contributed by atoms with Crippen LogP contribution < -0.4 is 0 Å². The van der Waals surface area contributed by atoms with Crippen LogP contribution in [0.3, 0.4) is 0 Å². The van der Waals surface area contributed by atoms with Gasteiger partial charge in [-0.05, 0) is 0 Å². The van der Waals surface area contributed by atoms with Gasteiger partial charge in [0.2, 0.25) is 0 Å².